The Morgan fingerprint density at radius 1 is 1.42 bits per heavy atom. The molecule has 2 N–H and O–H groups in total. The number of aromatic nitrogens is 2. The van der Waals surface area contributed by atoms with Crippen LogP contribution in [0.15, 0.2) is 29.1 Å². The van der Waals surface area contributed by atoms with Crippen LogP contribution >= 0.6 is 12.2 Å². The first kappa shape index (κ1) is 18.8. The first-order valence-corrected chi connectivity index (χ1v) is 9.48. The molecule has 0 radical (unpaired) electrons. The van der Waals surface area contributed by atoms with Crippen LogP contribution < -0.4 is 10.9 Å². The van der Waals surface area contributed by atoms with Gasteiger partial charge in [-0.2, -0.15) is 0 Å². The molecule has 2 atom stereocenters. The Kier molecular flexibility index (Phi) is 5.88. The Balaban J connectivity index is 1.61. The largest absolute Gasteiger partial charge is 0.378 e. The fraction of sp³-hybridized carbons (Fsp3) is 0.526. The third kappa shape index (κ3) is 4.04. The van der Waals surface area contributed by atoms with E-state index in [0.717, 1.165) is 13.0 Å². The van der Waals surface area contributed by atoms with Crippen LogP contribution in [-0.2, 0) is 16.1 Å². The number of H-pyrrole nitrogens is 1. The van der Waals surface area contributed by atoms with Gasteiger partial charge in [-0.3, -0.25) is 14.2 Å². The summed E-state index contributed by atoms with van der Waals surface area (Å²) in [4.78, 5) is 27.8. The third-order valence-corrected chi connectivity index (χ3v) is 5.26. The number of benzene rings is 1. The van der Waals surface area contributed by atoms with E-state index in [2.05, 4.69) is 24.1 Å². The average Bonchev–Trinajstić information content (AvgIpc) is 3.08. The number of nitrogens with one attached hydrogen (secondary N) is 2. The molecule has 1 amide bonds. The van der Waals surface area contributed by atoms with E-state index in [4.69, 9.17) is 17.0 Å². The number of hydrogen-bond acceptors (Lipinski definition) is 4. The second kappa shape index (κ2) is 8.14. The molecule has 1 aromatic carbocycles. The molecule has 2 aromatic rings. The monoisotopic (exact) mass is 375 g/mol. The van der Waals surface area contributed by atoms with Crippen molar-refractivity contribution in [2.75, 3.05) is 13.2 Å². The Labute approximate surface area is 157 Å². The van der Waals surface area contributed by atoms with E-state index in [1.807, 2.05) is 18.2 Å². The Morgan fingerprint density at radius 3 is 2.96 bits per heavy atom. The number of fused-ring (bicyclic) bond motifs is 1. The summed E-state index contributed by atoms with van der Waals surface area (Å²) in [6, 6.07) is 7.23. The van der Waals surface area contributed by atoms with E-state index >= 15 is 0 Å². The van der Waals surface area contributed by atoms with Crippen molar-refractivity contribution in [2.24, 2.45) is 11.8 Å². The van der Waals surface area contributed by atoms with E-state index in [0.29, 0.717) is 34.1 Å². The van der Waals surface area contributed by atoms with Gasteiger partial charge in [0.2, 0.25) is 5.91 Å². The summed E-state index contributed by atoms with van der Waals surface area (Å²) in [5, 5.41) is 3.55. The molecule has 26 heavy (non-hydrogen) atoms. The zero-order chi connectivity index (χ0) is 18.7. The van der Waals surface area contributed by atoms with E-state index in [1.165, 1.54) is 4.57 Å². The Bertz CT molecular complexity index is 903. The molecule has 3 rings (SSSR count). The van der Waals surface area contributed by atoms with Crippen molar-refractivity contribution in [1.82, 2.24) is 14.9 Å². The summed E-state index contributed by atoms with van der Waals surface area (Å²) in [6.07, 6.45) is 1.39. The minimum atomic E-state index is -0.166. The highest BCUT2D eigenvalue weighted by Gasteiger charge is 2.30. The predicted octanol–water partition coefficient (Wildman–Crippen LogP) is 2.63. The molecule has 6 nitrogen and oxygen atoms in total. The van der Waals surface area contributed by atoms with Gasteiger partial charge in [0.25, 0.3) is 5.56 Å². The molecular formula is C19H25N3O3S. The number of ether oxygens (including phenoxy) is 1. The summed E-state index contributed by atoms with van der Waals surface area (Å²) in [7, 11) is 0. The molecule has 7 heteroatoms. The van der Waals surface area contributed by atoms with Crippen molar-refractivity contribution in [3.05, 3.63) is 39.4 Å². The maximum absolute atomic E-state index is 12.6. The molecule has 140 valence electrons. The number of aromatic amines is 1. The number of nitrogens with zero attached hydrogens (tertiary/aromatic N) is 1. The zero-order valence-electron chi connectivity index (χ0n) is 15.2. The highest BCUT2D eigenvalue weighted by Crippen LogP contribution is 2.26. The Hall–Kier alpha value is -1.99. The lowest BCUT2D eigenvalue weighted by Crippen LogP contribution is -2.35. The standard InChI is InChI=1S/C19H25N3O3S/c1-12(2)17-13(8-10-25-17)11-20-16(23)7-9-22-18(24)14-5-3-4-6-15(14)21-19(22)26/h3-6,12-13,17H,7-11H2,1-2H3,(H,20,23)(H,21,26). The summed E-state index contributed by atoms with van der Waals surface area (Å²) >= 11 is 5.27. The number of amides is 1. The van der Waals surface area contributed by atoms with Crippen LogP contribution in [0.1, 0.15) is 26.7 Å². The lowest BCUT2D eigenvalue weighted by molar-refractivity contribution is -0.121. The topological polar surface area (TPSA) is 76.1 Å². The second-order valence-corrected chi connectivity index (χ2v) is 7.50. The number of para-hydroxylation sites is 1. The SMILES string of the molecule is CC(C)C1OCCC1CNC(=O)CCn1c(=S)[nH]c2ccccc2c1=O. The van der Waals surface area contributed by atoms with Crippen molar-refractivity contribution in [3.8, 4) is 0 Å². The second-order valence-electron chi connectivity index (χ2n) is 7.11. The molecule has 2 unspecified atom stereocenters. The first-order valence-electron chi connectivity index (χ1n) is 9.07. The minimum Gasteiger partial charge on any atom is -0.378 e. The summed E-state index contributed by atoms with van der Waals surface area (Å²) in [6.45, 7) is 5.91. The van der Waals surface area contributed by atoms with Gasteiger partial charge in [-0.15, -0.1) is 0 Å². The third-order valence-electron chi connectivity index (χ3n) is 4.93. The van der Waals surface area contributed by atoms with Crippen molar-refractivity contribution in [2.45, 2.75) is 39.3 Å². The molecule has 0 saturated carbocycles. The van der Waals surface area contributed by atoms with E-state index in [-0.39, 0.29) is 30.5 Å². The number of carbonyl (C=O) groups excluding carboxylic acids is 1. The van der Waals surface area contributed by atoms with Gasteiger partial charge in [0.15, 0.2) is 4.77 Å². The van der Waals surface area contributed by atoms with E-state index in [9.17, 15) is 9.59 Å². The highest BCUT2D eigenvalue weighted by atomic mass is 32.1. The lowest BCUT2D eigenvalue weighted by atomic mass is 9.93. The molecule has 1 fully saturated rings. The zero-order valence-corrected chi connectivity index (χ0v) is 16.0. The molecule has 1 aliphatic heterocycles. The normalized spacial score (nSPS) is 20.0. The van der Waals surface area contributed by atoms with E-state index in [1.54, 1.807) is 6.07 Å². The minimum absolute atomic E-state index is 0.0751. The van der Waals surface area contributed by atoms with Crippen molar-refractivity contribution in [3.63, 3.8) is 0 Å². The molecular weight excluding hydrogens is 350 g/mol. The maximum Gasteiger partial charge on any atom is 0.262 e. The first-order chi connectivity index (χ1) is 12.5. The van der Waals surface area contributed by atoms with Gasteiger partial charge in [0, 0.05) is 32.0 Å². The van der Waals surface area contributed by atoms with Gasteiger partial charge in [-0.25, -0.2) is 0 Å². The number of carbonyl (C=O) groups is 1. The van der Waals surface area contributed by atoms with Crippen LogP contribution in [0.4, 0.5) is 0 Å². The van der Waals surface area contributed by atoms with Crippen LogP contribution in [-0.4, -0.2) is 34.7 Å². The molecule has 1 aromatic heterocycles. The van der Waals surface area contributed by atoms with Crippen LogP contribution in [0.2, 0.25) is 0 Å². The van der Waals surface area contributed by atoms with Crippen molar-refractivity contribution >= 4 is 29.0 Å². The maximum atomic E-state index is 12.6. The van der Waals surface area contributed by atoms with Gasteiger partial charge < -0.3 is 15.0 Å². The van der Waals surface area contributed by atoms with Gasteiger partial charge in [0.05, 0.1) is 17.0 Å². The van der Waals surface area contributed by atoms with Crippen LogP contribution in [0.5, 0.6) is 0 Å². The van der Waals surface area contributed by atoms with Crippen molar-refractivity contribution < 1.29 is 9.53 Å². The molecule has 2 heterocycles. The average molecular weight is 375 g/mol. The number of rotatable bonds is 6. The van der Waals surface area contributed by atoms with Gasteiger partial charge in [-0.05, 0) is 36.7 Å². The van der Waals surface area contributed by atoms with Crippen LogP contribution in [0, 0.1) is 16.6 Å². The molecule has 1 saturated heterocycles. The van der Waals surface area contributed by atoms with Gasteiger partial charge in [0.1, 0.15) is 0 Å². The summed E-state index contributed by atoms with van der Waals surface area (Å²) in [5.41, 5.74) is 0.547. The van der Waals surface area contributed by atoms with Crippen LogP contribution in [0.25, 0.3) is 10.9 Å². The predicted molar refractivity (Wildman–Crippen MR) is 104 cm³/mol. The molecule has 0 aliphatic carbocycles. The number of hydrogen-bond donors (Lipinski definition) is 2. The quantitative estimate of drug-likeness (QED) is 0.761. The fourth-order valence-corrected chi connectivity index (χ4v) is 3.84. The molecule has 1 aliphatic rings. The fourth-order valence-electron chi connectivity index (χ4n) is 3.56. The summed E-state index contributed by atoms with van der Waals surface area (Å²) in [5.74, 6) is 0.716. The van der Waals surface area contributed by atoms with E-state index < -0.39 is 0 Å². The lowest BCUT2D eigenvalue weighted by Gasteiger charge is -2.22. The molecule has 0 bridgehead atoms. The highest BCUT2D eigenvalue weighted by molar-refractivity contribution is 7.71. The van der Waals surface area contributed by atoms with Crippen LogP contribution in [0.3, 0.4) is 0 Å². The van der Waals surface area contributed by atoms with Gasteiger partial charge in [-0.1, -0.05) is 26.0 Å². The smallest absolute Gasteiger partial charge is 0.262 e. The summed E-state index contributed by atoms with van der Waals surface area (Å²) < 4.78 is 7.54. The molecule has 0 spiro atoms. The van der Waals surface area contributed by atoms with Gasteiger partial charge >= 0.3 is 0 Å². The Morgan fingerprint density at radius 2 is 2.19 bits per heavy atom. The van der Waals surface area contributed by atoms with Crippen molar-refractivity contribution in [1.29, 1.82) is 0 Å².